The zero-order valence-corrected chi connectivity index (χ0v) is 13.8. The summed E-state index contributed by atoms with van der Waals surface area (Å²) in [5.41, 5.74) is 1.15. The highest BCUT2D eigenvalue weighted by Crippen LogP contribution is 2.29. The fraction of sp³-hybridized carbons (Fsp3) is 0.0625. The third-order valence-corrected chi connectivity index (χ3v) is 5.08. The molecule has 0 aromatic heterocycles. The minimum absolute atomic E-state index is 0.0972. The fourth-order valence-corrected chi connectivity index (χ4v) is 3.77. The van der Waals surface area contributed by atoms with Crippen molar-refractivity contribution in [3.8, 4) is 0 Å². The number of nitrogens with one attached hydrogen (secondary N) is 2. The number of hydrogen-bond acceptors (Lipinski definition) is 5. The lowest BCUT2D eigenvalue weighted by Gasteiger charge is -2.05. The summed E-state index contributed by atoms with van der Waals surface area (Å²) in [6.45, 7) is 1.59. The van der Waals surface area contributed by atoms with Gasteiger partial charge in [0.25, 0.3) is 15.7 Å². The van der Waals surface area contributed by atoms with E-state index in [1.807, 2.05) is 0 Å². The van der Waals surface area contributed by atoms with Crippen LogP contribution in [0, 0.1) is 17.0 Å². The largest absolute Gasteiger partial charge is 0.322 e. The Morgan fingerprint density at radius 2 is 1.96 bits per heavy atom. The average molecular weight is 359 g/mol. The lowest BCUT2D eigenvalue weighted by Crippen LogP contribution is -2.16. The first-order chi connectivity index (χ1) is 11.8. The first kappa shape index (κ1) is 16.7. The predicted octanol–water partition coefficient (Wildman–Crippen LogP) is 2.17. The summed E-state index contributed by atoms with van der Waals surface area (Å²) in [5.74, 6) is -0.604. The summed E-state index contributed by atoms with van der Waals surface area (Å²) in [6.07, 6.45) is 1.11. The van der Waals surface area contributed by atoms with E-state index >= 15 is 0 Å². The molecule has 1 amide bonds. The molecular weight excluding hydrogens is 346 g/mol. The summed E-state index contributed by atoms with van der Waals surface area (Å²) in [7, 11) is -3.68. The number of nitro benzene ring substituents is 1. The minimum atomic E-state index is -3.68. The van der Waals surface area contributed by atoms with Crippen molar-refractivity contribution in [3.05, 3.63) is 69.8 Å². The van der Waals surface area contributed by atoms with Crippen molar-refractivity contribution in [2.75, 3.05) is 5.32 Å². The van der Waals surface area contributed by atoms with Crippen molar-refractivity contribution < 1.29 is 18.1 Å². The van der Waals surface area contributed by atoms with Gasteiger partial charge in [0.1, 0.15) is 0 Å². The van der Waals surface area contributed by atoms with Gasteiger partial charge >= 0.3 is 0 Å². The van der Waals surface area contributed by atoms with Crippen LogP contribution in [0.1, 0.15) is 11.1 Å². The van der Waals surface area contributed by atoms with E-state index in [9.17, 15) is 23.3 Å². The SMILES string of the molecule is Cc1ccc(NC(=O)C=C2NS(=O)(=O)c3ccccc32)cc1[N+](=O)[O-]. The first-order valence-corrected chi connectivity index (χ1v) is 8.66. The van der Waals surface area contributed by atoms with Crippen molar-refractivity contribution in [1.82, 2.24) is 4.72 Å². The number of nitro groups is 1. The van der Waals surface area contributed by atoms with E-state index in [1.54, 1.807) is 25.1 Å². The summed E-state index contributed by atoms with van der Waals surface area (Å²) in [5, 5.41) is 13.4. The van der Waals surface area contributed by atoms with Crippen LogP contribution in [0.2, 0.25) is 0 Å². The van der Waals surface area contributed by atoms with E-state index in [-0.39, 0.29) is 22.0 Å². The van der Waals surface area contributed by atoms with Crippen LogP contribution in [0.3, 0.4) is 0 Å². The molecule has 8 nitrogen and oxygen atoms in total. The van der Waals surface area contributed by atoms with Crippen LogP contribution in [-0.2, 0) is 14.8 Å². The molecule has 0 unspecified atom stereocenters. The number of carbonyl (C=O) groups excluding carboxylic acids is 1. The van der Waals surface area contributed by atoms with Gasteiger partial charge in [-0.1, -0.05) is 24.3 Å². The molecule has 0 saturated heterocycles. The zero-order chi connectivity index (χ0) is 18.2. The summed E-state index contributed by atoms with van der Waals surface area (Å²) < 4.78 is 26.3. The quantitative estimate of drug-likeness (QED) is 0.495. The van der Waals surface area contributed by atoms with Gasteiger partial charge in [0.2, 0.25) is 5.91 Å². The smallest absolute Gasteiger partial charge is 0.274 e. The summed E-state index contributed by atoms with van der Waals surface area (Å²) in [6, 6.07) is 10.6. The van der Waals surface area contributed by atoms with Gasteiger partial charge in [-0.25, -0.2) is 8.42 Å². The number of aryl methyl sites for hydroxylation is 1. The monoisotopic (exact) mass is 359 g/mol. The molecule has 2 N–H and O–H groups in total. The predicted molar refractivity (Wildman–Crippen MR) is 91.2 cm³/mol. The second-order valence-electron chi connectivity index (χ2n) is 5.41. The molecule has 0 fully saturated rings. The number of sulfonamides is 1. The van der Waals surface area contributed by atoms with Gasteiger partial charge in [-0.2, -0.15) is 0 Å². The normalized spacial score (nSPS) is 16.1. The van der Waals surface area contributed by atoms with Crippen LogP contribution in [-0.4, -0.2) is 19.2 Å². The van der Waals surface area contributed by atoms with Gasteiger partial charge < -0.3 is 5.32 Å². The number of amides is 1. The fourth-order valence-electron chi connectivity index (χ4n) is 2.48. The molecule has 0 spiro atoms. The number of carbonyl (C=O) groups is 1. The Labute approximate surface area is 143 Å². The van der Waals surface area contributed by atoms with Crippen LogP contribution < -0.4 is 10.0 Å². The van der Waals surface area contributed by atoms with Gasteiger partial charge in [0.15, 0.2) is 0 Å². The van der Waals surface area contributed by atoms with E-state index in [0.29, 0.717) is 11.1 Å². The van der Waals surface area contributed by atoms with Crippen molar-refractivity contribution in [3.63, 3.8) is 0 Å². The van der Waals surface area contributed by atoms with E-state index in [2.05, 4.69) is 10.0 Å². The zero-order valence-electron chi connectivity index (χ0n) is 13.0. The molecule has 2 aromatic carbocycles. The number of anilines is 1. The third kappa shape index (κ3) is 3.22. The molecule has 1 heterocycles. The Bertz CT molecular complexity index is 1030. The van der Waals surface area contributed by atoms with E-state index < -0.39 is 20.9 Å². The van der Waals surface area contributed by atoms with Gasteiger partial charge in [0, 0.05) is 29.0 Å². The van der Waals surface area contributed by atoms with E-state index in [4.69, 9.17) is 0 Å². The highest BCUT2D eigenvalue weighted by atomic mass is 32.2. The summed E-state index contributed by atoms with van der Waals surface area (Å²) in [4.78, 5) is 22.7. The molecule has 2 aromatic rings. The van der Waals surface area contributed by atoms with Crippen LogP contribution in [0.5, 0.6) is 0 Å². The van der Waals surface area contributed by atoms with Crippen LogP contribution >= 0.6 is 0 Å². The third-order valence-electron chi connectivity index (χ3n) is 3.66. The highest BCUT2D eigenvalue weighted by molar-refractivity contribution is 7.90. The van der Waals surface area contributed by atoms with Gasteiger partial charge in [0.05, 0.1) is 15.5 Å². The molecule has 9 heteroatoms. The number of hydrogen-bond donors (Lipinski definition) is 2. The molecule has 0 aliphatic carbocycles. The molecule has 0 radical (unpaired) electrons. The topological polar surface area (TPSA) is 118 Å². The number of rotatable bonds is 3. The molecular formula is C16H13N3O5S. The molecule has 0 atom stereocenters. The first-order valence-electron chi connectivity index (χ1n) is 7.18. The molecule has 1 aliphatic heterocycles. The molecule has 128 valence electrons. The van der Waals surface area contributed by atoms with Crippen molar-refractivity contribution in [2.24, 2.45) is 0 Å². The Hall–Kier alpha value is -3.20. The molecule has 0 bridgehead atoms. The second kappa shape index (κ2) is 6.02. The molecule has 3 rings (SSSR count). The van der Waals surface area contributed by atoms with E-state index in [1.165, 1.54) is 24.3 Å². The maximum atomic E-state index is 12.2. The van der Waals surface area contributed by atoms with Gasteiger partial charge in [-0.15, -0.1) is 0 Å². The van der Waals surface area contributed by atoms with Gasteiger partial charge in [-0.3, -0.25) is 19.6 Å². The number of nitrogens with zero attached hydrogens (tertiary/aromatic N) is 1. The van der Waals surface area contributed by atoms with Crippen molar-refractivity contribution >= 4 is 33.0 Å². The lowest BCUT2D eigenvalue weighted by atomic mass is 10.1. The van der Waals surface area contributed by atoms with E-state index in [0.717, 1.165) is 6.08 Å². The lowest BCUT2D eigenvalue weighted by molar-refractivity contribution is -0.385. The maximum Gasteiger partial charge on any atom is 0.274 e. The number of fused-ring (bicyclic) bond motifs is 1. The maximum absolute atomic E-state index is 12.2. The standard InChI is InChI=1S/C16H13N3O5S/c1-10-6-7-11(8-14(10)19(21)22)17-16(20)9-13-12-4-2-3-5-15(12)25(23,24)18-13/h2-9,18H,1H3,(H,17,20). The minimum Gasteiger partial charge on any atom is -0.322 e. The average Bonchev–Trinajstić information content (AvgIpc) is 2.80. The van der Waals surface area contributed by atoms with Crippen molar-refractivity contribution in [2.45, 2.75) is 11.8 Å². The van der Waals surface area contributed by atoms with Crippen molar-refractivity contribution in [1.29, 1.82) is 0 Å². The Morgan fingerprint density at radius 3 is 2.68 bits per heavy atom. The summed E-state index contributed by atoms with van der Waals surface area (Å²) >= 11 is 0. The van der Waals surface area contributed by atoms with Gasteiger partial charge in [-0.05, 0) is 19.1 Å². The number of benzene rings is 2. The van der Waals surface area contributed by atoms with Crippen LogP contribution in [0.25, 0.3) is 5.70 Å². The Kier molecular flexibility index (Phi) is 4.01. The Balaban J connectivity index is 1.88. The second-order valence-corrected chi connectivity index (χ2v) is 7.06. The molecule has 0 saturated carbocycles. The Morgan fingerprint density at radius 1 is 1.24 bits per heavy atom. The van der Waals surface area contributed by atoms with Crippen LogP contribution in [0.15, 0.2) is 53.4 Å². The molecule has 1 aliphatic rings. The molecule has 25 heavy (non-hydrogen) atoms. The highest BCUT2D eigenvalue weighted by Gasteiger charge is 2.29. The van der Waals surface area contributed by atoms with Crippen LogP contribution in [0.4, 0.5) is 11.4 Å².